The fraction of sp³-hybridized carbons (Fsp3) is 0.174. The number of rotatable bonds is 6. The van der Waals surface area contributed by atoms with Crippen LogP contribution in [-0.2, 0) is 21.2 Å². The zero-order valence-corrected chi connectivity index (χ0v) is 18.7. The highest BCUT2D eigenvalue weighted by molar-refractivity contribution is 7.92. The number of hydrogen-bond donors (Lipinski definition) is 2. The van der Waals surface area contributed by atoms with E-state index >= 15 is 0 Å². The van der Waals surface area contributed by atoms with Crippen molar-refractivity contribution in [3.05, 3.63) is 77.3 Å². The van der Waals surface area contributed by atoms with E-state index in [4.69, 9.17) is 4.42 Å². The largest absolute Gasteiger partial charge is 0.464 e. The Labute approximate surface area is 185 Å². The van der Waals surface area contributed by atoms with Crippen molar-refractivity contribution in [2.45, 2.75) is 32.1 Å². The highest BCUT2D eigenvalue weighted by Gasteiger charge is 2.17. The topological polar surface area (TPSA) is 114 Å². The molecule has 0 aliphatic rings. The molecule has 0 unspecified atom stereocenters. The molecule has 2 heterocycles. The van der Waals surface area contributed by atoms with Gasteiger partial charge in [0.25, 0.3) is 10.0 Å². The lowest BCUT2D eigenvalue weighted by Gasteiger charge is -2.09. The normalized spacial score (nSPS) is 11.5. The minimum Gasteiger partial charge on any atom is -0.464 e. The Morgan fingerprint density at radius 2 is 1.78 bits per heavy atom. The lowest BCUT2D eigenvalue weighted by molar-refractivity contribution is -0.115. The third-order valence-corrected chi connectivity index (χ3v) is 6.51. The van der Waals surface area contributed by atoms with E-state index in [2.05, 4.69) is 20.0 Å². The molecule has 0 bridgehead atoms. The Hall–Kier alpha value is -3.72. The zero-order chi connectivity index (χ0) is 22.9. The van der Waals surface area contributed by atoms with E-state index < -0.39 is 10.0 Å². The number of furan rings is 1. The second kappa shape index (κ2) is 8.43. The molecule has 1 amide bonds. The summed E-state index contributed by atoms with van der Waals surface area (Å²) in [6, 6.07) is 11.5. The number of aromatic nitrogens is 2. The van der Waals surface area contributed by atoms with Crippen LogP contribution in [0.1, 0.15) is 22.4 Å². The lowest BCUT2D eigenvalue weighted by Crippen LogP contribution is -2.16. The number of carbonyl (C=O) groups excluding carboxylic acids is 1. The molecule has 4 rings (SSSR count). The highest BCUT2D eigenvalue weighted by Crippen LogP contribution is 2.27. The monoisotopic (exact) mass is 450 g/mol. The average Bonchev–Trinajstić information content (AvgIpc) is 3.14. The van der Waals surface area contributed by atoms with Crippen LogP contribution in [0.5, 0.6) is 0 Å². The number of amides is 1. The third-order valence-electron chi connectivity index (χ3n) is 5.16. The molecule has 2 aromatic carbocycles. The van der Waals surface area contributed by atoms with E-state index in [1.165, 1.54) is 30.5 Å². The Morgan fingerprint density at radius 3 is 2.50 bits per heavy atom. The van der Waals surface area contributed by atoms with Crippen molar-refractivity contribution < 1.29 is 17.6 Å². The first-order chi connectivity index (χ1) is 15.2. The molecule has 0 spiro atoms. The maximum atomic E-state index is 12.5. The molecular formula is C23H22N4O4S. The number of aryl methyl sites for hydroxylation is 3. The Balaban J connectivity index is 1.44. The molecule has 0 fully saturated rings. The highest BCUT2D eigenvalue weighted by atomic mass is 32.2. The van der Waals surface area contributed by atoms with Crippen molar-refractivity contribution >= 4 is 38.5 Å². The van der Waals surface area contributed by atoms with Crippen molar-refractivity contribution in [1.82, 2.24) is 9.97 Å². The van der Waals surface area contributed by atoms with Gasteiger partial charge >= 0.3 is 0 Å². The van der Waals surface area contributed by atoms with Crippen LogP contribution in [-0.4, -0.2) is 24.3 Å². The first-order valence-electron chi connectivity index (χ1n) is 9.91. The van der Waals surface area contributed by atoms with E-state index in [0.29, 0.717) is 11.4 Å². The summed E-state index contributed by atoms with van der Waals surface area (Å²) in [6.07, 6.45) is 3.22. The summed E-state index contributed by atoms with van der Waals surface area (Å²) in [7, 11) is -3.85. The van der Waals surface area contributed by atoms with Gasteiger partial charge in [-0.05, 0) is 62.2 Å². The van der Waals surface area contributed by atoms with E-state index in [1.807, 2.05) is 26.0 Å². The molecule has 4 aromatic rings. The van der Waals surface area contributed by atoms with Gasteiger partial charge in [-0.2, -0.15) is 0 Å². The molecule has 0 aliphatic heterocycles. The second-order valence-corrected chi connectivity index (χ2v) is 9.20. The minimum atomic E-state index is -3.85. The zero-order valence-electron chi connectivity index (χ0n) is 17.8. The van der Waals surface area contributed by atoms with Crippen molar-refractivity contribution in [2.24, 2.45) is 0 Å². The lowest BCUT2D eigenvalue weighted by atomic mass is 10.0. The van der Waals surface area contributed by atoms with Gasteiger partial charge in [-0.25, -0.2) is 23.1 Å². The summed E-state index contributed by atoms with van der Waals surface area (Å²) in [5.74, 6) is -0.229. The number of hydrogen-bond acceptors (Lipinski definition) is 6. The molecular weight excluding hydrogens is 428 g/mol. The molecule has 0 atom stereocenters. The molecule has 0 radical (unpaired) electrons. The first kappa shape index (κ1) is 21.5. The average molecular weight is 451 g/mol. The second-order valence-electron chi connectivity index (χ2n) is 7.52. The van der Waals surface area contributed by atoms with Gasteiger partial charge < -0.3 is 9.73 Å². The summed E-state index contributed by atoms with van der Waals surface area (Å²) >= 11 is 0. The molecule has 9 heteroatoms. The van der Waals surface area contributed by atoms with Crippen molar-refractivity contribution in [2.75, 3.05) is 10.0 Å². The van der Waals surface area contributed by atoms with Crippen molar-refractivity contribution in [3.63, 3.8) is 0 Å². The number of anilines is 2. The number of nitrogens with zero attached hydrogens (tertiary/aromatic N) is 2. The van der Waals surface area contributed by atoms with Gasteiger partial charge in [0.2, 0.25) is 11.9 Å². The van der Waals surface area contributed by atoms with Crippen LogP contribution in [0.4, 0.5) is 11.6 Å². The number of benzene rings is 2. The van der Waals surface area contributed by atoms with Crippen molar-refractivity contribution in [1.29, 1.82) is 0 Å². The fourth-order valence-electron chi connectivity index (χ4n) is 3.30. The Kier molecular flexibility index (Phi) is 5.67. The minimum absolute atomic E-state index is 0.000137. The molecule has 164 valence electrons. The van der Waals surface area contributed by atoms with Gasteiger partial charge in [0.05, 0.1) is 17.6 Å². The molecule has 8 nitrogen and oxygen atoms in total. The molecule has 32 heavy (non-hydrogen) atoms. The van der Waals surface area contributed by atoms with Crippen LogP contribution in [0, 0.1) is 20.8 Å². The van der Waals surface area contributed by atoms with Gasteiger partial charge in [0.15, 0.2) is 0 Å². The third kappa shape index (κ3) is 4.47. The van der Waals surface area contributed by atoms with Crippen molar-refractivity contribution in [3.8, 4) is 0 Å². The maximum absolute atomic E-state index is 12.5. The van der Waals surface area contributed by atoms with Crippen LogP contribution in [0.2, 0.25) is 0 Å². The smallest absolute Gasteiger partial charge is 0.264 e. The number of carbonyl (C=O) groups is 1. The standard InChI is InChI=1S/C23H22N4O4S/c1-14-4-9-20-17(13-31-22(20)16(14)3)12-21(28)26-18-5-7-19(8-6-18)32(29,30)27-23-24-11-10-15(2)25-23/h4-11,13H,12H2,1-3H3,(H,26,28)(H,24,25,27). The number of nitrogens with one attached hydrogen (secondary N) is 2. The first-order valence-corrected chi connectivity index (χ1v) is 11.4. The Morgan fingerprint density at radius 1 is 1.03 bits per heavy atom. The van der Waals surface area contributed by atoms with Crippen LogP contribution in [0.25, 0.3) is 11.0 Å². The summed E-state index contributed by atoms with van der Waals surface area (Å²) in [5, 5.41) is 3.70. The summed E-state index contributed by atoms with van der Waals surface area (Å²) in [6.45, 7) is 5.74. The quantitative estimate of drug-likeness (QED) is 0.457. The number of sulfonamides is 1. The predicted molar refractivity (Wildman–Crippen MR) is 122 cm³/mol. The van der Waals surface area contributed by atoms with Gasteiger partial charge in [-0.3, -0.25) is 4.79 Å². The summed E-state index contributed by atoms with van der Waals surface area (Å²) < 4.78 is 33.1. The number of fused-ring (bicyclic) bond motifs is 1. The van der Waals surface area contributed by atoms with Gasteiger partial charge in [0.1, 0.15) is 5.58 Å². The molecule has 2 aromatic heterocycles. The van der Waals surface area contributed by atoms with E-state index in [9.17, 15) is 13.2 Å². The van der Waals surface area contributed by atoms with Crippen LogP contribution in [0.3, 0.4) is 0 Å². The van der Waals surface area contributed by atoms with E-state index in [0.717, 1.165) is 27.7 Å². The van der Waals surface area contributed by atoms with E-state index in [-0.39, 0.29) is 23.2 Å². The fourth-order valence-corrected chi connectivity index (χ4v) is 4.25. The predicted octanol–water partition coefficient (Wildman–Crippen LogP) is 4.13. The molecule has 0 aliphatic carbocycles. The summed E-state index contributed by atoms with van der Waals surface area (Å²) in [5.41, 5.74) is 4.89. The van der Waals surface area contributed by atoms with Crippen LogP contribution in [0.15, 0.2) is 64.2 Å². The Bertz CT molecular complexity index is 1410. The summed E-state index contributed by atoms with van der Waals surface area (Å²) in [4.78, 5) is 20.5. The SMILES string of the molecule is Cc1ccnc(NS(=O)(=O)c2ccc(NC(=O)Cc3coc4c(C)c(C)ccc34)cc2)n1. The molecule has 0 saturated carbocycles. The van der Waals surface area contributed by atoms with Gasteiger partial charge in [-0.1, -0.05) is 12.1 Å². The van der Waals surface area contributed by atoms with Crippen LogP contribution >= 0.6 is 0 Å². The molecule has 2 N–H and O–H groups in total. The van der Waals surface area contributed by atoms with Gasteiger partial charge in [-0.15, -0.1) is 0 Å². The van der Waals surface area contributed by atoms with E-state index in [1.54, 1.807) is 19.3 Å². The molecule has 0 saturated heterocycles. The van der Waals surface area contributed by atoms with Crippen LogP contribution < -0.4 is 10.0 Å². The van der Waals surface area contributed by atoms with Gasteiger partial charge in [0, 0.05) is 28.5 Å². The maximum Gasteiger partial charge on any atom is 0.264 e.